The Labute approximate surface area is 184 Å². The van der Waals surface area contributed by atoms with Gasteiger partial charge in [-0.3, -0.25) is 9.69 Å². The maximum atomic E-state index is 11.9. The first kappa shape index (κ1) is 21.6. The van der Waals surface area contributed by atoms with Crippen LogP contribution < -0.4 is 15.0 Å². The van der Waals surface area contributed by atoms with E-state index >= 15 is 0 Å². The van der Waals surface area contributed by atoms with Crippen LogP contribution in [0.2, 0.25) is 0 Å². The molecule has 2 aliphatic rings. The molecule has 2 aromatic rings. The van der Waals surface area contributed by atoms with Gasteiger partial charge in [-0.15, -0.1) is 0 Å². The summed E-state index contributed by atoms with van der Waals surface area (Å²) >= 11 is 0. The van der Waals surface area contributed by atoms with Crippen molar-refractivity contribution in [3.8, 4) is 5.75 Å². The van der Waals surface area contributed by atoms with E-state index < -0.39 is 0 Å². The van der Waals surface area contributed by atoms with E-state index in [0.717, 1.165) is 63.6 Å². The van der Waals surface area contributed by atoms with Crippen molar-refractivity contribution >= 4 is 11.7 Å². The van der Waals surface area contributed by atoms with Crippen molar-refractivity contribution in [3.05, 3.63) is 54.2 Å². The number of aromatic nitrogens is 1. The molecule has 7 nitrogen and oxygen atoms in total. The van der Waals surface area contributed by atoms with E-state index in [9.17, 15) is 4.79 Å². The molecular formula is C24H32N4O3. The Balaban J connectivity index is 1.12. The highest BCUT2D eigenvalue weighted by Gasteiger charge is 2.22. The van der Waals surface area contributed by atoms with Crippen LogP contribution in [0.15, 0.2) is 48.7 Å². The third-order valence-corrected chi connectivity index (χ3v) is 5.79. The third kappa shape index (κ3) is 6.42. The highest BCUT2D eigenvalue weighted by atomic mass is 16.5. The van der Waals surface area contributed by atoms with Gasteiger partial charge in [0.2, 0.25) is 5.91 Å². The first-order valence-corrected chi connectivity index (χ1v) is 11.3. The molecule has 1 aromatic carbocycles. The number of rotatable bonds is 9. The van der Waals surface area contributed by atoms with Crippen LogP contribution in [-0.2, 0) is 16.1 Å². The molecule has 4 rings (SSSR count). The second kappa shape index (κ2) is 11.1. The molecule has 166 valence electrons. The Morgan fingerprint density at radius 3 is 2.68 bits per heavy atom. The van der Waals surface area contributed by atoms with Crippen molar-refractivity contribution in [1.29, 1.82) is 0 Å². The van der Waals surface area contributed by atoms with Crippen molar-refractivity contribution in [3.63, 3.8) is 0 Å². The highest BCUT2D eigenvalue weighted by molar-refractivity contribution is 5.80. The van der Waals surface area contributed by atoms with E-state index in [4.69, 9.17) is 9.47 Å². The molecule has 0 spiro atoms. The summed E-state index contributed by atoms with van der Waals surface area (Å²) < 4.78 is 11.2. The number of anilines is 1. The average Bonchev–Trinajstić information content (AvgIpc) is 3.36. The zero-order chi connectivity index (χ0) is 21.3. The van der Waals surface area contributed by atoms with E-state index in [-0.39, 0.29) is 12.0 Å². The molecule has 31 heavy (non-hydrogen) atoms. The van der Waals surface area contributed by atoms with Gasteiger partial charge in [0.25, 0.3) is 0 Å². The van der Waals surface area contributed by atoms with Gasteiger partial charge in [0.1, 0.15) is 17.7 Å². The molecule has 1 aromatic heterocycles. The largest absolute Gasteiger partial charge is 0.494 e. The van der Waals surface area contributed by atoms with Gasteiger partial charge in [-0.1, -0.05) is 18.2 Å². The molecule has 0 aliphatic carbocycles. The molecule has 3 heterocycles. The number of nitrogens with one attached hydrogen (secondary N) is 1. The summed E-state index contributed by atoms with van der Waals surface area (Å²) in [5.74, 6) is 1.94. The Morgan fingerprint density at radius 1 is 1.13 bits per heavy atom. The second-order valence-electron chi connectivity index (χ2n) is 8.09. The van der Waals surface area contributed by atoms with Crippen molar-refractivity contribution < 1.29 is 14.3 Å². The van der Waals surface area contributed by atoms with Gasteiger partial charge in [0.05, 0.1) is 6.61 Å². The summed E-state index contributed by atoms with van der Waals surface area (Å²) in [4.78, 5) is 21.2. The number of pyridine rings is 1. The van der Waals surface area contributed by atoms with Crippen LogP contribution in [0.3, 0.4) is 0 Å². The number of piperazine rings is 1. The standard InChI is InChI=1S/C24H32N4O3/c29-24(22-5-3-17-31-22)26-12-4-18-30-21-9-7-20(8-10-21)19-27-13-15-28(16-14-27)23-6-1-2-11-25-23/h1-2,6-11,22H,3-5,12-19H2,(H,26,29)/t22-/m1/s1. The van der Waals surface area contributed by atoms with Crippen LogP contribution in [0.25, 0.3) is 0 Å². The SMILES string of the molecule is O=C(NCCCOc1ccc(CN2CCN(c3ccccn3)CC2)cc1)[C@H]1CCCO1. The lowest BCUT2D eigenvalue weighted by Gasteiger charge is -2.35. The summed E-state index contributed by atoms with van der Waals surface area (Å²) in [6, 6.07) is 14.4. The van der Waals surface area contributed by atoms with Crippen LogP contribution in [0, 0.1) is 0 Å². The van der Waals surface area contributed by atoms with E-state index in [1.54, 1.807) is 0 Å². The predicted octanol–water partition coefficient (Wildman–Crippen LogP) is 2.47. The maximum absolute atomic E-state index is 11.9. The molecule has 0 saturated carbocycles. The Morgan fingerprint density at radius 2 is 1.97 bits per heavy atom. The normalized spacial score (nSPS) is 19.4. The summed E-state index contributed by atoms with van der Waals surface area (Å²) in [6.45, 7) is 6.91. The number of ether oxygens (including phenoxy) is 2. The lowest BCUT2D eigenvalue weighted by Crippen LogP contribution is -2.46. The van der Waals surface area contributed by atoms with E-state index in [2.05, 4.69) is 38.3 Å². The molecule has 1 atom stereocenters. The smallest absolute Gasteiger partial charge is 0.249 e. The van der Waals surface area contributed by atoms with E-state index in [1.807, 2.05) is 30.5 Å². The maximum Gasteiger partial charge on any atom is 0.249 e. The molecule has 2 saturated heterocycles. The molecule has 0 unspecified atom stereocenters. The Bertz CT molecular complexity index is 801. The van der Waals surface area contributed by atoms with Crippen molar-refractivity contribution in [2.75, 3.05) is 50.8 Å². The molecule has 1 amide bonds. The van der Waals surface area contributed by atoms with Gasteiger partial charge < -0.3 is 19.7 Å². The molecule has 0 bridgehead atoms. The Kier molecular flexibility index (Phi) is 7.74. The van der Waals surface area contributed by atoms with Crippen molar-refractivity contribution in [1.82, 2.24) is 15.2 Å². The molecule has 7 heteroatoms. The minimum atomic E-state index is -0.258. The molecule has 0 radical (unpaired) electrons. The van der Waals surface area contributed by atoms with Crippen LogP contribution >= 0.6 is 0 Å². The van der Waals surface area contributed by atoms with E-state index in [1.165, 1.54) is 5.56 Å². The van der Waals surface area contributed by atoms with Crippen LogP contribution in [0.1, 0.15) is 24.8 Å². The fraction of sp³-hybridized carbons (Fsp3) is 0.500. The summed E-state index contributed by atoms with van der Waals surface area (Å²) in [6.07, 6.45) is 4.17. The molecule has 2 aliphatic heterocycles. The minimum Gasteiger partial charge on any atom is -0.494 e. The fourth-order valence-corrected chi connectivity index (χ4v) is 4.00. The number of carbonyl (C=O) groups excluding carboxylic acids is 1. The summed E-state index contributed by atoms with van der Waals surface area (Å²) in [5, 5.41) is 2.92. The monoisotopic (exact) mass is 424 g/mol. The number of hydrogen-bond acceptors (Lipinski definition) is 6. The fourth-order valence-electron chi connectivity index (χ4n) is 4.00. The Hall–Kier alpha value is -2.64. The van der Waals surface area contributed by atoms with Gasteiger partial charge in [0, 0.05) is 52.1 Å². The molecular weight excluding hydrogens is 392 g/mol. The number of benzene rings is 1. The van der Waals surface area contributed by atoms with Crippen LogP contribution in [0.4, 0.5) is 5.82 Å². The highest BCUT2D eigenvalue weighted by Crippen LogP contribution is 2.17. The molecule has 1 N–H and O–H groups in total. The first-order chi connectivity index (χ1) is 15.3. The predicted molar refractivity (Wildman–Crippen MR) is 120 cm³/mol. The van der Waals surface area contributed by atoms with Crippen molar-refractivity contribution in [2.24, 2.45) is 0 Å². The van der Waals surface area contributed by atoms with Gasteiger partial charge >= 0.3 is 0 Å². The van der Waals surface area contributed by atoms with Gasteiger partial charge in [-0.2, -0.15) is 0 Å². The van der Waals surface area contributed by atoms with Gasteiger partial charge in [-0.05, 0) is 49.1 Å². The third-order valence-electron chi connectivity index (χ3n) is 5.79. The lowest BCUT2D eigenvalue weighted by atomic mass is 10.2. The summed E-state index contributed by atoms with van der Waals surface area (Å²) in [7, 11) is 0. The van der Waals surface area contributed by atoms with Gasteiger partial charge in [-0.25, -0.2) is 4.98 Å². The number of hydrogen-bond donors (Lipinski definition) is 1. The second-order valence-corrected chi connectivity index (χ2v) is 8.09. The summed E-state index contributed by atoms with van der Waals surface area (Å²) in [5.41, 5.74) is 1.29. The van der Waals surface area contributed by atoms with Crippen LogP contribution in [-0.4, -0.2) is 67.8 Å². The van der Waals surface area contributed by atoms with E-state index in [0.29, 0.717) is 19.8 Å². The number of nitrogens with zero attached hydrogens (tertiary/aromatic N) is 3. The number of carbonyl (C=O) groups is 1. The zero-order valence-corrected chi connectivity index (χ0v) is 18.0. The molecule has 2 fully saturated rings. The van der Waals surface area contributed by atoms with Crippen molar-refractivity contribution in [2.45, 2.75) is 31.9 Å². The van der Waals surface area contributed by atoms with Crippen LogP contribution in [0.5, 0.6) is 5.75 Å². The minimum absolute atomic E-state index is 0.00252. The number of amides is 1. The zero-order valence-electron chi connectivity index (χ0n) is 18.0. The first-order valence-electron chi connectivity index (χ1n) is 11.3. The lowest BCUT2D eigenvalue weighted by molar-refractivity contribution is -0.130. The van der Waals surface area contributed by atoms with Gasteiger partial charge in [0.15, 0.2) is 0 Å². The topological polar surface area (TPSA) is 66.9 Å². The quantitative estimate of drug-likeness (QED) is 0.624. The average molecular weight is 425 g/mol.